The first kappa shape index (κ1) is 39.7. The molecule has 0 aromatic heterocycles. The molecule has 3 rings (SSSR count). The highest BCUT2D eigenvalue weighted by Crippen LogP contribution is 2.13. The van der Waals surface area contributed by atoms with Gasteiger partial charge in [-0.25, -0.2) is 4.79 Å². The van der Waals surface area contributed by atoms with Gasteiger partial charge in [0, 0.05) is 19.3 Å². The highest BCUT2D eigenvalue weighted by molar-refractivity contribution is 5.96. The lowest BCUT2D eigenvalue weighted by Crippen LogP contribution is -2.59. The van der Waals surface area contributed by atoms with Gasteiger partial charge in [0.1, 0.15) is 29.9 Å². The minimum Gasteiger partial charge on any atom is -0.508 e. The monoisotopic (exact) mass is 703 g/mol. The number of carboxylic acid groups (broad SMARTS) is 2. The summed E-state index contributed by atoms with van der Waals surface area (Å²) < 4.78 is 0. The molecule has 0 aliphatic rings. The van der Waals surface area contributed by atoms with Crippen molar-refractivity contribution in [3.05, 3.63) is 102 Å². The summed E-state index contributed by atoms with van der Waals surface area (Å²) >= 11 is 0. The SMILES string of the molecule is CCCC[C@H](NC(=O)[C@@H](Cc1ccccc1)NC(=O)[C@@H](Cc1ccccc1)NC(=O)[C@@H](Cc1ccc(O)cc1)NC(=O)[C@H](N)CC(=O)O)C(=O)O. The molecular weight excluding hydrogens is 658 g/mol. The van der Waals surface area contributed by atoms with Crippen molar-refractivity contribution >= 4 is 35.6 Å². The summed E-state index contributed by atoms with van der Waals surface area (Å²) in [5.74, 6) is -5.72. The number of amides is 4. The van der Waals surface area contributed by atoms with Crippen LogP contribution in [0.5, 0.6) is 5.75 Å². The van der Waals surface area contributed by atoms with Crippen molar-refractivity contribution in [2.75, 3.05) is 0 Å². The standard InChI is InChI=1S/C37H45N5O9/c1-2-3-14-28(37(50)51)39-34(47)30(19-23-10-6-4-7-11-23)41-36(49)31(20-24-12-8-5-9-13-24)42-35(48)29(21-25-15-17-26(43)18-16-25)40-33(46)27(38)22-32(44)45/h4-13,15-18,27-31,43H,2-3,14,19-22,38H2,1H3,(H,39,47)(H,40,46)(H,41,49)(H,42,48)(H,44,45)(H,50,51)/t27-,28+,29-,30-,31-/m1/s1. The Morgan fingerprint density at radius 3 is 1.37 bits per heavy atom. The first-order valence-electron chi connectivity index (χ1n) is 16.6. The molecule has 0 heterocycles. The summed E-state index contributed by atoms with van der Waals surface area (Å²) in [6.45, 7) is 1.89. The first-order valence-corrected chi connectivity index (χ1v) is 16.6. The lowest BCUT2D eigenvalue weighted by atomic mass is 10.0. The Morgan fingerprint density at radius 1 is 0.588 bits per heavy atom. The second kappa shape index (κ2) is 20.0. The Bertz CT molecular complexity index is 1620. The van der Waals surface area contributed by atoms with E-state index in [0.29, 0.717) is 29.5 Å². The van der Waals surface area contributed by atoms with E-state index in [1.54, 1.807) is 60.7 Å². The highest BCUT2D eigenvalue weighted by Gasteiger charge is 2.32. The minimum absolute atomic E-state index is 0.0194. The molecule has 272 valence electrons. The maximum Gasteiger partial charge on any atom is 0.326 e. The van der Waals surface area contributed by atoms with Gasteiger partial charge in [0.25, 0.3) is 0 Å². The van der Waals surface area contributed by atoms with Gasteiger partial charge in [-0.1, -0.05) is 92.6 Å². The van der Waals surface area contributed by atoms with E-state index < -0.39 is 72.2 Å². The molecule has 51 heavy (non-hydrogen) atoms. The van der Waals surface area contributed by atoms with Crippen molar-refractivity contribution in [3.8, 4) is 5.75 Å². The Morgan fingerprint density at radius 2 is 0.980 bits per heavy atom. The third-order valence-corrected chi connectivity index (χ3v) is 8.03. The number of carbonyl (C=O) groups is 6. The number of benzene rings is 3. The maximum atomic E-state index is 14.0. The van der Waals surface area contributed by atoms with Crippen LogP contribution in [-0.4, -0.2) is 81.1 Å². The fraction of sp³-hybridized carbons (Fsp3) is 0.351. The smallest absolute Gasteiger partial charge is 0.326 e. The van der Waals surface area contributed by atoms with E-state index >= 15 is 0 Å². The van der Waals surface area contributed by atoms with E-state index in [1.165, 1.54) is 24.3 Å². The van der Waals surface area contributed by atoms with Crippen molar-refractivity contribution in [1.29, 1.82) is 0 Å². The van der Waals surface area contributed by atoms with Gasteiger partial charge in [0.2, 0.25) is 23.6 Å². The Hall–Kier alpha value is -5.76. The van der Waals surface area contributed by atoms with Gasteiger partial charge in [0.15, 0.2) is 0 Å². The molecule has 0 radical (unpaired) electrons. The maximum absolute atomic E-state index is 14.0. The third kappa shape index (κ3) is 13.6. The van der Waals surface area contributed by atoms with Crippen LogP contribution < -0.4 is 27.0 Å². The van der Waals surface area contributed by atoms with Crippen LogP contribution in [0.25, 0.3) is 0 Å². The summed E-state index contributed by atoms with van der Waals surface area (Å²) in [5, 5.41) is 39.0. The molecule has 0 bridgehead atoms. The molecule has 0 fully saturated rings. The van der Waals surface area contributed by atoms with Crippen molar-refractivity contribution in [1.82, 2.24) is 21.3 Å². The van der Waals surface area contributed by atoms with Crippen LogP contribution in [0.15, 0.2) is 84.9 Å². The van der Waals surface area contributed by atoms with E-state index in [4.69, 9.17) is 10.8 Å². The predicted molar refractivity (Wildman–Crippen MR) is 187 cm³/mol. The molecule has 0 saturated carbocycles. The van der Waals surface area contributed by atoms with Gasteiger partial charge in [-0.2, -0.15) is 0 Å². The molecule has 0 aliphatic heterocycles. The molecule has 9 N–H and O–H groups in total. The molecule has 0 spiro atoms. The third-order valence-electron chi connectivity index (χ3n) is 8.03. The lowest BCUT2D eigenvalue weighted by molar-refractivity contribution is -0.142. The topological polar surface area (TPSA) is 237 Å². The number of aliphatic carboxylic acids is 2. The Kier molecular flexibility index (Phi) is 15.6. The van der Waals surface area contributed by atoms with Crippen molar-refractivity contribution in [2.45, 2.75) is 82.1 Å². The Balaban J connectivity index is 1.92. The number of rotatable bonds is 20. The zero-order valence-electron chi connectivity index (χ0n) is 28.3. The van der Waals surface area contributed by atoms with Crippen LogP contribution in [0.1, 0.15) is 49.3 Å². The lowest BCUT2D eigenvalue weighted by Gasteiger charge is -2.27. The summed E-state index contributed by atoms with van der Waals surface area (Å²) in [7, 11) is 0. The number of carbonyl (C=O) groups excluding carboxylic acids is 4. The zero-order valence-corrected chi connectivity index (χ0v) is 28.3. The fourth-order valence-corrected chi connectivity index (χ4v) is 5.24. The summed E-state index contributed by atoms with van der Waals surface area (Å²) in [5.41, 5.74) is 7.64. The van der Waals surface area contributed by atoms with Gasteiger partial charge in [0.05, 0.1) is 12.5 Å². The van der Waals surface area contributed by atoms with E-state index in [2.05, 4.69) is 21.3 Å². The quantitative estimate of drug-likeness (QED) is 0.0843. The van der Waals surface area contributed by atoms with Crippen molar-refractivity contribution in [2.24, 2.45) is 5.73 Å². The van der Waals surface area contributed by atoms with E-state index in [1.807, 2.05) is 6.92 Å². The molecule has 5 atom stereocenters. The number of phenols is 1. The number of nitrogens with one attached hydrogen (secondary N) is 4. The van der Waals surface area contributed by atoms with Gasteiger partial charge in [-0.15, -0.1) is 0 Å². The van der Waals surface area contributed by atoms with Crippen LogP contribution in [0, 0.1) is 0 Å². The van der Waals surface area contributed by atoms with E-state index in [9.17, 15) is 39.0 Å². The number of nitrogens with two attached hydrogens (primary N) is 1. The van der Waals surface area contributed by atoms with Crippen LogP contribution in [-0.2, 0) is 48.0 Å². The van der Waals surface area contributed by atoms with Gasteiger partial charge >= 0.3 is 11.9 Å². The number of aromatic hydroxyl groups is 1. The second-order valence-electron chi connectivity index (χ2n) is 12.2. The van der Waals surface area contributed by atoms with Crippen LogP contribution in [0.2, 0.25) is 0 Å². The molecule has 14 nitrogen and oxygen atoms in total. The van der Waals surface area contributed by atoms with E-state index in [0.717, 1.165) is 0 Å². The van der Waals surface area contributed by atoms with Gasteiger partial charge in [-0.3, -0.25) is 24.0 Å². The van der Waals surface area contributed by atoms with Crippen molar-refractivity contribution < 1.29 is 44.1 Å². The van der Waals surface area contributed by atoms with Gasteiger partial charge in [-0.05, 0) is 35.2 Å². The van der Waals surface area contributed by atoms with Crippen molar-refractivity contribution in [3.63, 3.8) is 0 Å². The molecule has 0 saturated heterocycles. The molecule has 4 amide bonds. The first-order chi connectivity index (χ1) is 24.4. The molecule has 3 aromatic carbocycles. The van der Waals surface area contributed by atoms with Gasteiger partial charge < -0.3 is 42.3 Å². The molecule has 3 aromatic rings. The predicted octanol–water partition coefficient (Wildman–Crippen LogP) is 1.44. The van der Waals surface area contributed by atoms with Crippen LogP contribution in [0.4, 0.5) is 0 Å². The van der Waals surface area contributed by atoms with Crippen LogP contribution in [0.3, 0.4) is 0 Å². The largest absolute Gasteiger partial charge is 0.508 e. The van der Waals surface area contributed by atoms with E-state index in [-0.39, 0.29) is 31.4 Å². The summed E-state index contributed by atoms with van der Waals surface area (Å²) in [6, 6.07) is 17.0. The van der Waals surface area contributed by atoms with Crippen LogP contribution >= 0.6 is 0 Å². The fourth-order valence-electron chi connectivity index (χ4n) is 5.24. The average molecular weight is 704 g/mol. The number of carboxylic acids is 2. The minimum atomic E-state index is -1.47. The second-order valence-corrected chi connectivity index (χ2v) is 12.2. The Labute approximate surface area is 295 Å². The molecule has 0 aliphatic carbocycles. The number of unbranched alkanes of at least 4 members (excludes halogenated alkanes) is 1. The number of hydrogen-bond acceptors (Lipinski definition) is 8. The number of hydrogen-bond donors (Lipinski definition) is 8. The molecule has 0 unspecified atom stereocenters. The summed E-state index contributed by atoms with van der Waals surface area (Å²) in [6.07, 6.45) is 0.664. The zero-order chi connectivity index (χ0) is 37.3. The molecular formula is C37H45N5O9. The number of phenolic OH excluding ortho intramolecular Hbond substituents is 1. The highest BCUT2D eigenvalue weighted by atomic mass is 16.4. The average Bonchev–Trinajstić information content (AvgIpc) is 3.10. The summed E-state index contributed by atoms with van der Waals surface area (Å²) in [4.78, 5) is 77.4. The molecule has 14 heteroatoms. The normalized spacial score (nSPS) is 13.8.